The molecule has 4 rings (SSSR count). The minimum Gasteiger partial charge on any atom is -0.494 e. The van der Waals surface area contributed by atoms with Crippen molar-refractivity contribution < 1.29 is 19.2 Å². The number of allylic oxidation sites excluding steroid dienone is 2. The van der Waals surface area contributed by atoms with E-state index in [4.69, 9.17) is 16.3 Å². The highest BCUT2D eigenvalue weighted by atomic mass is 35.5. The fourth-order valence-electron chi connectivity index (χ4n) is 4.35. The van der Waals surface area contributed by atoms with Gasteiger partial charge in [-0.25, -0.2) is 0 Å². The number of nitro groups is 1. The number of benzene rings is 2. The Morgan fingerprint density at radius 1 is 1.16 bits per heavy atom. The smallest absolute Gasteiger partial charge is 0.294 e. The number of ether oxygens (including phenoxy) is 1. The molecule has 31 heavy (non-hydrogen) atoms. The van der Waals surface area contributed by atoms with Crippen molar-refractivity contribution in [2.24, 2.45) is 0 Å². The lowest BCUT2D eigenvalue weighted by molar-refractivity contribution is -0.384. The first-order valence-corrected chi connectivity index (χ1v) is 10.5. The Bertz CT molecular complexity index is 1090. The number of carbonyl (C=O) groups excluding carboxylic acids is 2. The first-order chi connectivity index (χ1) is 14.9. The van der Waals surface area contributed by atoms with E-state index in [2.05, 4.69) is 0 Å². The zero-order chi connectivity index (χ0) is 22.1. The fourth-order valence-corrected chi connectivity index (χ4v) is 4.52. The lowest BCUT2D eigenvalue weighted by Gasteiger charge is -2.38. The maximum Gasteiger partial charge on any atom is 0.294 e. The molecule has 1 aliphatic heterocycles. The van der Waals surface area contributed by atoms with Crippen LogP contribution < -0.4 is 9.64 Å². The Morgan fingerprint density at radius 2 is 1.90 bits per heavy atom. The first kappa shape index (κ1) is 21.1. The number of Topliss-reactive ketones (excluding diaryl/α,β-unsaturated/α-hetero) is 1. The molecular weight excluding hydrogens is 420 g/mol. The summed E-state index contributed by atoms with van der Waals surface area (Å²) in [5, 5.41) is 11.8. The quantitative estimate of drug-likeness (QED) is 0.472. The fraction of sp³-hybridized carbons (Fsp3) is 0.304. The van der Waals surface area contributed by atoms with E-state index < -0.39 is 4.92 Å². The molecule has 1 aliphatic carbocycles. The molecule has 1 amide bonds. The van der Waals surface area contributed by atoms with Gasteiger partial charge >= 0.3 is 0 Å². The standard InChI is InChI=1S/C23H21ClN2O5/c1-2-31-16-9-6-14(7-10-16)17-13-22(28)25(19-4-3-5-21(27)23(17)19)18-11-8-15(24)12-20(18)26(29)30/h6-12,17H,2-5,13H2,1H3. The van der Waals surface area contributed by atoms with Gasteiger partial charge in [0.2, 0.25) is 5.91 Å². The minimum absolute atomic E-state index is 0.0192. The number of rotatable bonds is 5. The van der Waals surface area contributed by atoms with E-state index in [0.29, 0.717) is 37.1 Å². The summed E-state index contributed by atoms with van der Waals surface area (Å²) in [6.07, 6.45) is 1.55. The number of nitro benzene ring substituents is 1. The summed E-state index contributed by atoms with van der Waals surface area (Å²) in [6, 6.07) is 11.6. The number of halogens is 1. The van der Waals surface area contributed by atoms with Crippen molar-refractivity contribution in [2.45, 2.75) is 38.5 Å². The zero-order valence-electron chi connectivity index (χ0n) is 17.0. The highest BCUT2D eigenvalue weighted by Crippen LogP contribution is 2.45. The molecule has 7 nitrogen and oxygen atoms in total. The van der Waals surface area contributed by atoms with E-state index in [1.807, 2.05) is 31.2 Å². The second-order valence-corrected chi connectivity index (χ2v) is 7.95. The molecule has 0 saturated heterocycles. The Kier molecular flexibility index (Phi) is 5.78. The van der Waals surface area contributed by atoms with Crippen molar-refractivity contribution in [2.75, 3.05) is 11.5 Å². The Labute approximate surface area is 184 Å². The van der Waals surface area contributed by atoms with Gasteiger partial charge < -0.3 is 4.74 Å². The van der Waals surface area contributed by atoms with Crippen molar-refractivity contribution in [1.29, 1.82) is 0 Å². The van der Waals surface area contributed by atoms with Crippen LogP contribution in [-0.4, -0.2) is 23.2 Å². The highest BCUT2D eigenvalue weighted by Gasteiger charge is 2.41. The summed E-state index contributed by atoms with van der Waals surface area (Å²) in [6.45, 7) is 2.44. The molecule has 2 aromatic rings. The maximum atomic E-state index is 13.3. The van der Waals surface area contributed by atoms with Crippen molar-refractivity contribution in [3.05, 3.63) is 74.4 Å². The average molecular weight is 441 g/mol. The van der Waals surface area contributed by atoms with Gasteiger partial charge in [0, 0.05) is 41.1 Å². The molecule has 0 fully saturated rings. The number of anilines is 1. The van der Waals surface area contributed by atoms with Crippen molar-refractivity contribution >= 4 is 34.7 Å². The van der Waals surface area contributed by atoms with E-state index in [1.165, 1.54) is 23.1 Å². The van der Waals surface area contributed by atoms with Gasteiger partial charge in [-0.15, -0.1) is 0 Å². The van der Waals surface area contributed by atoms with Crippen LogP contribution in [0.2, 0.25) is 5.02 Å². The molecule has 8 heteroatoms. The third kappa shape index (κ3) is 3.93. The molecule has 1 heterocycles. The van der Waals surface area contributed by atoms with Crippen molar-refractivity contribution in [3.8, 4) is 5.75 Å². The number of hydrogen-bond donors (Lipinski definition) is 0. The average Bonchev–Trinajstić information content (AvgIpc) is 2.74. The largest absolute Gasteiger partial charge is 0.494 e. The van der Waals surface area contributed by atoms with Crippen LogP contribution in [0.3, 0.4) is 0 Å². The monoisotopic (exact) mass is 440 g/mol. The normalized spacial score (nSPS) is 18.8. The molecule has 0 N–H and O–H groups in total. The number of nitrogens with zero attached hydrogens (tertiary/aromatic N) is 2. The van der Waals surface area contributed by atoms with Gasteiger partial charge in [0.15, 0.2) is 5.78 Å². The van der Waals surface area contributed by atoms with E-state index in [9.17, 15) is 19.7 Å². The number of carbonyl (C=O) groups is 2. The summed E-state index contributed by atoms with van der Waals surface area (Å²) >= 11 is 5.95. The molecule has 2 aromatic carbocycles. The zero-order valence-corrected chi connectivity index (χ0v) is 17.7. The lowest BCUT2D eigenvalue weighted by atomic mass is 9.77. The topological polar surface area (TPSA) is 89.8 Å². The molecule has 0 radical (unpaired) electrons. The number of ketones is 1. The molecule has 1 atom stereocenters. The van der Waals surface area contributed by atoms with Crippen molar-refractivity contribution in [1.82, 2.24) is 0 Å². The van der Waals surface area contributed by atoms with Gasteiger partial charge in [0.25, 0.3) is 5.69 Å². The van der Waals surface area contributed by atoms with Crippen LogP contribution in [0.4, 0.5) is 11.4 Å². The predicted molar refractivity (Wildman–Crippen MR) is 116 cm³/mol. The summed E-state index contributed by atoms with van der Waals surface area (Å²) in [7, 11) is 0. The van der Waals surface area contributed by atoms with Crippen LogP contribution in [0.5, 0.6) is 5.75 Å². The van der Waals surface area contributed by atoms with Gasteiger partial charge in [-0.1, -0.05) is 23.7 Å². The Hall–Kier alpha value is -3.19. The van der Waals surface area contributed by atoms with Gasteiger partial charge in [0.05, 0.1) is 11.5 Å². The molecule has 0 saturated carbocycles. The second kappa shape index (κ2) is 8.51. The highest BCUT2D eigenvalue weighted by molar-refractivity contribution is 6.31. The lowest BCUT2D eigenvalue weighted by Crippen LogP contribution is -2.40. The molecular formula is C23H21ClN2O5. The third-order valence-corrected chi connectivity index (χ3v) is 5.88. The third-order valence-electron chi connectivity index (χ3n) is 5.64. The molecule has 160 valence electrons. The maximum absolute atomic E-state index is 13.3. The van der Waals surface area contributed by atoms with Crippen LogP contribution >= 0.6 is 11.6 Å². The van der Waals surface area contributed by atoms with Crippen molar-refractivity contribution in [3.63, 3.8) is 0 Å². The van der Waals surface area contributed by atoms with Crippen LogP contribution in [0, 0.1) is 10.1 Å². The van der Waals surface area contributed by atoms with Crippen LogP contribution in [0.1, 0.15) is 44.1 Å². The van der Waals surface area contributed by atoms with E-state index in [1.54, 1.807) is 0 Å². The first-order valence-electron chi connectivity index (χ1n) is 10.2. The minimum atomic E-state index is -0.558. The predicted octanol–water partition coefficient (Wildman–Crippen LogP) is 5.17. The van der Waals surface area contributed by atoms with E-state index in [0.717, 1.165) is 11.3 Å². The SMILES string of the molecule is CCOc1ccc(C2CC(=O)N(c3ccc(Cl)cc3[N+](=O)[O-])C3=C2C(=O)CCC3)cc1. The van der Waals surface area contributed by atoms with Crippen LogP contribution in [-0.2, 0) is 9.59 Å². The number of amides is 1. The molecule has 0 spiro atoms. The Morgan fingerprint density at radius 3 is 2.58 bits per heavy atom. The molecule has 2 aliphatic rings. The van der Waals surface area contributed by atoms with Gasteiger partial charge in [-0.05, 0) is 49.6 Å². The number of hydrogen-bond acceptors (Lipinski definition) is 5. The summed E-state index contributed by atoms with van der Waals surface area (Å²) < 4.78 is 5.49. The summed E-state index contributed by atoms with van der Waals surface area (Å²) in [5.74, 6) is 0.0385. The summed E-state index contributed by atoms with van der Waals surface area (Å²) in [4.78, 5) is 38.7. The van der Waals surface area contributed by atoms with E-state index >= 15 is 0 Å². The summed E-state index contributed by atoms with van der Waals surface area (Å²) in [5.41, 5.74) is 1.86. The second-order valence-electron chi connectivity index (χ2n) is 7.52. The van der Waals surface area contributed by atoms with E-state index in [-0.39, 0.29) is 40.4 Å². The Balaban J connectivity index is 1.83. The molecule has 0 bridgehead atoms. The molecule has 1 unspecified atom stereocenters. The van der Waals surface area contributed by atoms with Gasteiger partial charge in [0.1, 0.15) is 11.4 Å². The van der Waals surface area contributed by atoms with Gasteiger partial charge in [-0.3, -0.25) is 24.6 Å². The molecule has 0 aromatic heterocycles. The van der Waals surface area contributed by atoms with Crippen LogP contribution in [0.25, 0.3) is 0 Å². The van der Waals surface area contributed by atoms with Crippen LogP contribution in [0.15, 0.2) is 53.7 Å². The van der Waals surface area contributed by atoms with Gasteiger partial charge in [-0.2, -0.15) is 0 Å².